The van der Waals surface area contributed by atoms with Gasteiger partial charge in [0.25, 0.3) is 5.91 Å². The molecule has 1 aromatic carbocycles. The Bertz CT molecular complexity index is 865. The summed E-state index contributed by atoms with van der Waals surface area (Å²) in [5, 5.41) is 3.17. The summed E-state index contributed by atoms with van der Waals surface area (Å²) in [6.45, 7) is 4.00. The lowest BCUT2D eigenvalue weighted by molar-refractivity contribution is -0.181. The van der Waals surface area contributed by atoms with Gasteiger partial charge in [-0.15, -0.1) is 0 Å². The average molecular weight is 381 g/mol. The molecule has 0 radical (unpaired) electrons. The van der Waals surface area contributed by atoms with Crippen molar-refractivity contribution in [2.45, 2.75) is 25.6 Å². The minimum Gasteiger partial charge on any atom is -0.347 e. The standard InChI is InChI=1S/C21H23N3O4/c1-15(25)16-2-4-18(5-3-16)23-19-14-17(6-9-22-19)20(26)24-10-7-21(8-11-24)27-12-13-28-21/h2-6,9,14H,7-8,10-13H2,1H3,(H,22,23). The molecule has 1 N–H and O–H groups in total. The number of nitrogens with zero attached hydrogens (tertiary/aromatic N) is 2. The van der Waals surface area contributed by atoms with Crippen LogP contribution in [-0.4, -0.2) is 53.7 Å². The molecule has 0 aliphatic carbocycles. The van der Waals surface area contributed by atoms with E-state index in [-0.39, 0.29) is 11.7 Å². The fraction of sp³-hybridized carbons (Fsp3) is 0.381. The SMILES string of the molecule is CC(=O)c1ccc(Nc2cc(C(=O)N3CCC4(CC3)OCCO4)ccn2)cc1. The van der Waals surface area contributed by atoms with Gasteiger partial charge < -0.3 is 19.7 Å². The molecule has 4 rings (SSSR count). The highest BCUT2D eigenvalue weighted by Gasteiger charge is 2.40. The van der Waals surface area contributed by atoms with E-state index in [9.17, 15) is 9.59 Å². The maximum absolute atomic E-state index is 12.9. The Hall–Kier alpha value is -2.77. The Balaban J connectivity index is 1.41. The van der Waals surface area contributed by atoms with E-state index in [4.69, 9.17) is 9.47 Å². The number of rotatable bonds is 4. The fourth-order valence-corrected chi connectivity index (χ4v) is 3.59. The van der Waals surface area contributed by atoms with Crippen LogP contribution in [0.4, 0.5) is 11.5 Å². The van der Waals surface area contributed by atoms with Gasteiger partial charge in [-0.3, -0.25) is 9.59 Å². The molecule has 7 heteroatoms. The van der Waals surface area contributed by atoms with E-state index >= 15 is 0 Å². The summed E-state index contributed by atoms with van der Waals surface area (Å²) in [4.78, 5) is 30.4. The number of nitrogens with one attached hydrogen (secondary N) is 1. The molecule has 1 spiro atoms. The van der Waals surface area contributed by atoms with Crippen molar-refractivity contribution >= 4 is 23.2 Å². The minimum absolute atomic E-state index is 0.0222. The number of benzene rings is 1. The fourth-order valence-electron chi connectivity index (χ4n) is 3.59. The van der Waals surface area contributed by atoms with Gasteiger partial charge in [0.05, 0.1) is 13.2 Å². The highest BCUT2D eigenvalue weighted by atomic mass is 16.7. The molecule has 146 valence electrons. The third-order valence-corrected chi connectivity index (χ3v) is 5.20. The molecular weight excluding hydrogens is 358 g/mol. The van der Waals surface area contributed by atoms with Crippen LogP contribution >= 0.6 is 0 Å². The molecule has 1 aromatic heterocycles. The number of aromatic nitrogens is 1. The smallest absolute Gasteiger partial charge is 0.254 e. The number of ketones is 1. The van der Waals surface area contributed by atoms with Crippen molar-refractivity contribution in [1.82, 2.24) is 9.88 Å². The van der Waals surface area contributed by atoms with Gasteiger partial charge in [0, 0.05) is 48.9 Å². The molecule has 2 saturated heterocycles. The molecule has 2 aliphatic rings. The van der Waals surface area contributed by atoms with Crippen LogP contribution in [0, 0.1) is 0 Å². The van der Waals surface area contributed by atoms with Gasteiger partial charge in [-0.05, 0) is 43.3 Å². The number of pyridine rings is 1. The molecule has 0 atom stereocenters. The van der Waals surface area contributed by atoms with Gasteiger partial charge in [-0.1, -0.05) is 0 Å². The zero-order chi connectivity index (χ0) is 19.6. The summed E-state index contributed by atoms with van der Waals surface area (Å²) in [5.74, 6) is 0.0879. The number of hydrogen-bond donors (Lipinski definition) is 1. The van der Waals surface area contributed by atoms with Crippen molar-refractivity contribution in [2.24, 2.45) is 0 Å². The number of hydrogen-bond acceptors (Lipinski definition) is 6. The highest BCUT2D eigenvalue weighted by molar-refractivity contribution is 5.95. The Morgan fingerprint density at radius 2 is 1.71 bits per heavy atom. The zero-order valence-electron chi connectivity index (χ0n) is 15.8. The van der Waals surface area contributed by atoms with E-state index in [0.717, 1.165) is 5.69 Å². The highest BCUT2D eigenvalue weighted by Crippen LogP contribution is 2.31. The van der Waals surface area contributed by atoms with Crippen LogP contribution in [0.25, 0.3) is 0 Å². The average Bonchev–Trinajstić information content (AvgIpc) is 3.16. The van der Waals surface area contributed by atoms with E-state index in [1.807, 2.05) is 17.0 Å². The van der Waals surface area contributed by atoms with Gasteiger partial charge in [0.1, 0.15) is 5.82 Å². The first-order valence-electron chi connectivity index (χ1n) is 9.46. The molecule has 7 nitrogen and oxygen atoms in total. The lowest BCUT2D eigenvalue weighted by Crippen LogP contribution is -2.47. The number of likely N-dealkylation sites (tertiary alicyclic amines) is 1. The summed E-state index contributed by atoms with van der Waals surface area (Å²) < 4.78 is 11.4. The molecule has 2 aliphatic heterocycles. The summed E-state index contributed by atoms with van der Waals surface area (Å²) in [7, 11) is 0. The number of piperidine rings is 1. The molecule has 28 heavy (non-hydrogen) atoms. The normalized spacial score (nSPS) is 18.2. The lowest BCUT2D eigenvalue weighted by atomic mass is 10.0. The largest absolute Gasteiger partial charge is 0.347 e. The summed E-state index contributed by atoms with van der Waals surface area (Å²) in [6.07, 6.45) is 3.00. The van der Waals surface area contributed by atoms with E-state index in [1.165, 1.54) is 6.92 Å². The number of Topliss-reactive ketones (excluding diaryl/α,β-unsaturated/α-hetero) is 1. The Morgan fingerprint density at radius 1 is 1.04 bits per heavy atom. The number of amides is 1. The minimum atomic E-state index is -0.492. The van der Waals surface area contributed by atoms with E-state index < -0.39 is 5.79 Å². The van der Waals surface area contributed by atoms with Crippen molar-refractivity contribution < 1.29 is 19.1 Å². The molecular formula is C21H23N3O4. The first-order chi connectivity index (χ1) is 13.5. The van der Waals surface area contributed by atoms with E-state index in [1.54, 1.807) is 30.5 Å². The van der Waals surface area contributed by atoms with Gasteiger partial charge in [-0.25, -0.2) is 4.98 Å². The third-order valence-electron chi connectivity index (χ3n) is 5.20. The summed E-state index contributed by atoms with van der Waals surface area (Å²) >= 11 is 0. The van der Waals surface area contributed by atoms with E-state index in [2.05, 4.69) is 10.3 Å². The molecule has 1 amide bonds. The van der Waals surface area contributed by atoms with Gasteiger partial charge in [-0.2, -0.15) is 0 Å². The van der Waals surface area contributed by atoms with Crippen LogP contribution in [0.1, 0.15) is 40.5 Å². The molecule has 3 heterocycles. The zero-order valence-corrected chi connectivity index (χ0v) is 15.8. The second-order valence-electron chi connectivity index (χ2n) is 7.09. The predicted octanol–water partition coefficient (Wildman–Crippen LogP) is 3.01. The lowest BCUT2D eigenvalue weighted by Gasteiger charge is -2.37. The number of carbonyl (C=O) groups excluding carboxylic acids is 2. The first-order valence-corrected chi connectivity index (χ1v) is 9.46. The number of carbonyl (C=O) groups is 2. The molecule has 0 saturated carbocycles. The maximum Gasteiger partial charge on any atom is 0.254 e. The van der Waals surface area contributed by atoms with Crippen LogP contribution in [0.3, 0.4) is 0 Å². The maximum atomic E-state index is 12.9. The molecule has 2 aromatic rings. The van der Waals surface area contributed by atoms with Gasteiger partial charge in [0.2, 0.25) is 0 Å². The quantitative estimate of drug-likeness (QED) is 0.820. The second-order valence-corrected chi connectivity index (χ2v) is 7.09. The van der Waals surface area contributed by atoms with Crippen molar-refractivity contribution in [2.75, 3.05) is 31.6 Å². The summed E-state index contributed by atoms with van der Waals surface area (Å²) in [5.41, 5.74) is 2.04. The van der Waals surface area contributed by atoms with Crippen LogP contribution in [-0.2, 0) is 9.47 Å². The van der Waals surface area contributed by atoms with Gasteiger partial charge in [0.15, 0.2) is 11.6 Å². The molecule has 0 bridgehead atoms. The van der Waals surface area contributed by atoms with Crippen LogP contribution in [0.15, 0.2) is 42.6 Å². The molecule has 0 unspecified atom stereocenters. The Labute approximate surface area is 163 Å². The van der Waals surface area contributed by atoms with Gasteiger partial charge >= 0.3 is 0 Å². The second kappa shape index (κ2) is 7.69. The van der Waals surface area contributed by atoms with E-state index in [0.29, 0.717) is 56.1 Å². The third kappa shape index (κ3) is 3.90. The topological polar surface area (TPSA) is 80.8 Å². The monoisotopic (exact) mass is 381 g/mol. The number of anilines is 2. The Kier molecular flexibility index (Phi) is 5.11. The van der Waals surface area contributed by atoms with Crippen LogP contribution < -0.4 is 5.32 Å². The van der Waals surface area contributed by atoms with Crippen molar-refractivity contribution in [3.8, 4) is 0 Å². The first kappa shape index (κ1) is 18.6. The van der Waals surface area contributed by atoms with Crippen molar-refractivity contribution in [1.29, 1.82) is 0 Å². The van der Waals surface area contributed by atoms with Crippen LogP contribution in [0.2, 0.25) is 0 Å². The number of ether oxygens (including phenoxy) is 2. The predicted molar refractivity (Wildman–Crippen MR) is 104 cm³/mol. The van der Waals surface area contributed by atoms with Crippen LogP contribution in [0.5, 0.6) is 0 Å². The molecule has 2 fully saturated rings. The van der Waals surface area contributed by atoms with Crippen molar-refractivity contribution in [3.63, 3.8) is 0 Å². The Morgan fingerprint density at radius 3 is 2.36 bits per heavy atom. The van der Waals surface area contributed by atoms with Crippen molar-refractivity contribution in [3.05, 3.63) is 53.7 Å². The summed E-state index contributed by atoms with van der Waals surface area (Å²) in [6, 6.07) is 10.6.